The maximum atomic E-state index is 11.8. The molecule has 1 aliphatic carbocycles. The van der Waals surface area contributed by atoms with Crippen molar-refractivity contribution in [3.63, 3.8) is 0 Å². The van der Waals surface area contributed by atoms with E-state index >= 15 is 0 Å². The maximum Gasteiger partial charge on any atom is 0.407 e. The lowest BCUT2D eigenvalue weighted by molar-refractivity contribution is 0.139. The fourth-order valence-corrected chi connectivity index (χ4v) is 3.54. The van der Waals surface area contributed by atoms with E-state index in [2.05, 4.69) is 31.7 Å². The number of anilines is 1. The summed E-state index contributed by atoms with van der Waals surface area (Å²) in [4.78, 5) is 24.3. The van der Waals surface area contributed by atoms with Gasteiger partial charge in [0.15, 0.2) is 5.82 Å². The minimum atomic E-state index is -0.356. The predicted molar refractivity (Wildman–Crippen MR) is 112 cm³/mol. The second-order valence-corrected chi connectivity index (χ2v) is 7.40. The van der Waals surface area contributed by atoms with Gasteiger partial charge in [-0.2, -0.15) is 0 Å². The Labute approximate surface area is 167 Å². The molecule has 0 saturated heterocycles. The Bertz CT molecular complexity index is 1220. The molecule has 0 atom stereocenters. The van der Waals surface area contributed by atoms with Crippen LogP contribution in [0, 0.1) is 0 Å². The molecule has 1 fully saturated rings. The van der Waals surface area contributed by atoms with Crippen LogP contribution in [0.25, 0.3) is 33.3 Å². The third-order valence-electron chi connectivity index (χ3n) is 5.18. The van der Waals surface area contributed by atoms with Gasteiger partial charge in [-0.25, -0.2) is 14.8 Å². The largest absolute Gasteiger partial charge is 0.445 e. The van der Waals surface area contributed by atoms with E-state index in [-0.39, 0.29) is 12.7 Å². The van der Waals surface area contributed by atoms with Crippen molar-refractivity contribution in [1.29, 1.82) is 0 Å². The lowest BCUT2D eigenvalue weighted by atomic mass is 10.1. The molecule has 8 heteroatoms. The first-order valence-corrected chi connectivity index (χ1v) is 9.66. The number of rotatable bonds is 5. The van der Waals surface area contributed by atoms with Crippen molar-refractivity contribution in [3.05, 3.63) is 42.2 Å². The summed E-state index contributed by atoms with van der Waals surface area (Å²) < 4.78 is 7.33. The van der Waals surface area contributed by atoms with Crippen LogP contribution in [0.4, 0.5) is 10.6 Å². The lowest BCUT2D eigenvalue weighted by Crippen LogP contribution is -2.25. The van der Waals surface area contributed by atoms with Crippen LogP contribution in [0.5, 0.6) is 0 Å². The zero-order valence-electron chi connectivity index (χ0n) is 16.3. The van der Waals surface area contributed by atoms with Crippen molar-refractivity contribution < 1.29 is 9.53 Å². The summed E-state index contributed by atoms with van der Waals surface area (Å²) in [7, 11) is 3.82. The highest BCUT2D eigenvalue weighted by Gasteiger charge is 2.23. The number of amides is 1. The number of carbonyl (C=O) groups is 1. The molecule has 0 bridgehead atoms. The van der Waals surface area contributed by atoms with E-state index in [1.165, 1.54) is 0 Å². The minimum Gasteiger partial charge on any atom is -0.445 e. The standard InChI is InChI=1S/C21H22N6O2/c1-22-20-17-18(27(2)11-23-17)15-9-16(25-19(15)26-20)13-5-3-4-12(8-13)10-29-21(28)24-14-6-7-14/h3-5,8-9,11,14H,6-7,10H2,1-2H3,(H,24,28)(H2,22,25,26). The van der Waals surface area contributed by atoms with Crippen LogP contribution < -0.4 is 10.6 Å². The molecule has 29 heavy (non-hydrogen) atoms. The van der Waals surface area contributed by atoms with Gasteiger partial charge in [-0.3, -0.25) is 0 Å². The number of nitrogens with one attached hydrogen (secondary N) is 3. The Morgan fingerprint density at radius 1 is 1.34 bits per heavy atom. The van der Waals surface area contributed by atoms with E-state index in [1.54, 1.807) is 6.33 Å². The summed E-state index contributed by atoms with van der Waals surface area (Å²) in [6, 6.07) is 10.3. The number of aryl methyl sites for hydroxylation is 1. The van der Waals surface area contributed by atoms with Crippen molar-refractivity contribution in [2.24, 2.45) is 7.05 Å². The quantitative estimate of drug-likeness (QED) is 0.484. The van der Waals surface area contributed by atoms with Crippen molar-refractivity contribution >= 4 is 34.0 Å². The number of imidazole rings is 1. The first-order chi connectivity index (χ1) is 14.1. The van der Waals surface area contributed by atoms with Gasteiger partial charge in [-0.1, -0.05) is 18.2 Å². The number of H-pyrrole nitrogens is 1. The molecule has 0 aliphatic heterocycles. The number of hydrogen-bond acceptors (Lipinski definition) is 5. The van der Waals surface area contributed by atoms with Crippen LogP contribution in [-0.4, -0.2) is 38.7 Å². The monoisotopic (exact) mass is 390 g/mol. The fraction of sp³-hybridized carbons (Fsp3) is 0.286. The second-order valence-electron chi connectivity index (χ2n) is 7.40. The molecule has 3 N–H and O–H groups in total. The molecule has 1 saturated carbocycles. The van der Waals surface area contributed by atoms with Gasteiger partial charge in [0.05, 0.1) is 11.8 Å². The molecule has 5 rings (SSSR count). The molecule has 1 amide bonds. The van der Waals surface area contributed by atoms with Crippen LogP contribution in [0.3, 0.4) is 0 Å². The Balaban J connectivity index is 1.46. The maximum absolute atomic E-state index is 11.8. The van der Waals surface area contributed by atoms with Gasteiger partial charge in [-0.15, -0.1) is 0 Å². The molecule has 148 valence electrons. The predicted octanol–water partition coefficient (Wildman–Crippen LogP) is 3.55. The molecule has 0 spiro atoms. The minimum absolute atomic E-state index is 0.237. The summed E-state index contributed by atoms with van der Waals surface area (Å²) in [5.74, 6) is 0.741. The molecule has 0 radical (unpaired) electrons. The molecular weight excluding hydrogens is 368 g/mol. The van der Waals surface area contributed by atoms with Crippen molar-refractivity contribution in [2.45, 2.75) is 25.5 Å². The number of aromatic nitrogens is 4. The first kappa shape index (κ1) is 17.5. The van der Waals surface area contributed by atoms with E-state index in [1.807, 2.05) is 42.9 Å². The van der Waals surface area contributed by atoms with Crippen molar-refractivity contribution in [1.82, 2.24) is 24.8 Å². The van der Waals surface area contributed by atoms with Gasteiger partial charge < -0.3 is 24.9 Å². The van der Waals surface area contributed by atoms with Crippen LogP contribution in [0.1, 0.15) is 18.4 Å². The van der Waals surface area contributed by atoms with Gasteiger partial charge >= 0.3 is 6.09 Å². The Morgan fingerprint density at radius 2 is 2.21 bits per heavy atom. The lowest BCUT2D eigenvalue weighted by Gasteiger charge is -2.07. The summed E-state index contributed by atoms with van der Waals surface area (Å²) in [6.45, 7) is 0.237. The smallest absolute Gasteiger partial charge is 0.407 e. The van der Waals surface area contributed by atoms with E-state index in [9.17, 15) is 4.79 Å². The highest BCUT2D eigenvalue weighted by atomic mass is 16.5. The van der Waals surface area contributed by atoms with Crippen LogP contribution in [0.2, 0.25) is 0 Å². The first-order valence-electron chi connectivity index (χ1n) is 9.66. The zero-order chi connectivity index (χ0) is 20.0. The molecule has 3 aromatic heterocycles. The zero-order valence-corrected chi connectivity index (χ0v) is 16.3. The number of carbonyl (C=O) groups excluding carboxylic acids is 1. The molecule has 1 aliphatic rings. The SMILES string of the molecule is CNc1nc2[nH]c(-c3cccc(COC(=O)NC4CC4)c3)cc2c2c1ncn2C. The molecule has 0 unspecified atom stereocenters. The van der Waals surface area contributed by atoms with Gasteiger partial charge in [-0.05, 0) is 36.1 Å². The Morgan fingerprint density at radius 3 is 3.00 bits per heavy atom. The number of nitrogens with zero attached hydrogens (tertiary/aromatic N) is 3. The number of alkyl carbamates (subject to hydrolysis) is 1. The van der Waals surface area contributed by atoms with E-state index in [4.69, 9.17) is 4.74 Å². The molecular formula is C21H22N6O2. The van der Waals surface area contributed by atoms with Crippen molar-refractivity contribution in [2.75, 3.05) is 12.4 Å². The highest BCUT2D eigenvalue weighted by molar-refractivity contribution is 6.07. The normalized spacial score (nSPS) is 13.7. The van der Waals surface area contributed by atoms with Gasteiger partial charge in [0.2, 0.25) is 0 Å². The number of ether oxygens (including phenoxy) is 1. The summed E-state index contributed by atoms with van der Waals surface area (Å²) >= 11 is 0. The molecule has 1 aromatic carbocycles. The number of fused-ring (bicyclic) bond motifs is 3. The van der Waals surface area contributed by atoms with Crippen LogP contribution >= 0.6 is 0 Å². The van der Waals surface area contributed by atoms with Crippen molar-refractivity contribution in [3.8, 4) is 11.3 Å². The van der Waals surface area contributed by atoms with Gasteiger partial charge in [0.1, 0.15) is 17.8 Å². The Hall–Kier alpha value is -3.55. The summed E-state index contributed by atoms with van der Waals surface area (Å²) in [6.07, 6.45) is 3.52. The second kappa shape index (κ2) is 6.80. The highest BCUT2D eigenvalue weighted by Crippen LogP contribution is 2.31. The number of aromatic amines is 1. The number of benzene rings is 1. The average Bonchev–Trinajstić information content (AvgIpc) is 3.30. The van der Waals surface area contributed by atoms with Crippen LogP contribution in [0.15, 0.2) is 36.7 Å². The molecule has 8 nitrogen and oxygen atoms in total. The fourth-order valence-electron chi connectivity index (χ4n) is 3.54. The number of pyridine rings is 1. The van der Waals surface area contributed by atoms with Crippen LogP contribution in [-0.2, 0) is 18.4 Å². The Kier molecular flexibility index (Phi) is 4.12. The third-order valence-corrected chi connectivity index (χ3v) is 5.18. The van der Waals surface area contributed by atoms with E-state index in [0.717, 1.165) is 57.5 Å². The number of hydrogen-bond donors (Lipinski definition) is 3. The van der Waals surface area contributed by atoms with E-state index in [0.29, 0.717) is 6.04 Å². The third kappa shape index (κ3) is 3.26. The average molecular weight is 390 g/mol. The summed E-state index contributed by atoms with van der Waals surface area (Å²) in [5, 5.41) is 6.96. The molecule has 4 aromatic rings. The topological polar surface area (TPSA) is 96.9 Å². The summed E-state index contributed by atoms with van der Waals surface area (Å²) in [5.41, 5.74) is 5.56. The molecule has 3 heterocycles. The van der Waals surface area contributed by atoms with Gasteiger partial charge in [0, 0.05) is 31.2 Å². The van der Waals surface area contributed by atoms with E-state index < -0.39 is 0 Å². The van der Waals surface area contributed by atoms with Gasteiger partial charge in [0.25, 0.3) is 0 Å².